The normalized spacial score (nSPS) is 19.4. The molecular weight excluding hydrogens is 452 g/mol. The highest BCUT2D eigenvalue weighted by molar-refractivity contribution is 7.94. The highest BCUT2D eigenvalue weighted by Gasteiger charge is 2.24. The first-order valence-corrected chi connectivity index (χ1v) is 13.2. The van der Waals surface area contributed by atoms with Gasteiger partial charge in [0.1, 0.15) is 9.96 Å². The van der Waals surface area contributed by atoms with E-state index in [9.17, 15) is 8.42 Å². The molecule has 2 aromatic heterocycles. The molecule has 0 saturated carbocycles. The summed E-state index contributed by atoms with van der Waals surface area (Å²) in [5.41, 5.74) is 2.19. The molecule has 166 valence electrons. The van der Waals surface area contributed by atoms with Crippen molar-refractivity contribution in [3.63, 3.8) is 0 Å². The topological polar surface area (TPSA) is 83.6 Å². The van der Waals surface area contributed by atoms with E-state index in [2.05, 4.69) is 33.8 Å². The van der Waals surface area contributed by atoms with Crippen LogP contribution in [0.1, 0.15) is 18.9 Å². The van der Waals surface area contributed by atoms with Crippen LogP contribution in [0.25, 0.3) is 10.6 Å². The van der Waals surface area contributed by atoms with E-state index in [1.807, 2.05) is 30.5 Å². The summed E-state index contributed by atoms with van der Waals surface area (Å²) >= 11 is 2.75. The largest absolute Gasteiger partial charge is 0.495 e. The SMILES string of the molecule is COc1ccc(N2C[C@@H](C)N[C@@H](C)C2)cc1NS(=O)(=O)c1ccc(-c2csc(C)n2)s1. The number of thiazole rings is 1. The number of piperazine rings is 1. The van der Waals surface area contributed by atoms with Gasteiger partial charge in [-0.1, -0.05) is 0 Å². The Hall–Kier alpha value is -2.14. The van der Waals surface area contributed by atoms with Crippen LogP contribution in [-0.4, -0.2) is 45.7 Å². The van der Waals surface area contributed by atoms with Gasteiger partial charge in [0.15, 0.2) is 0 Å². The molecule has 3 heterocycles. The number of thiophene rings is 1. The number of rotatable bonds is 6. The second-order valence-electron chi connectivity index (χ2n) is 7.73. The molecule has 2 N–H and O–H groups in total. The van der Waals surface area contributed by atoms with Gasteiger partial charge >= 0.3 is 0 Å². The van der Waals surface area contributed by atoms with Crippen LogP contribution in [0.4, 0.5) is 11.4 Å². The maximum atomic E-state index is 13.1. The second kappa shape index (κ2) is 8.78. The van der Waals surface area contributed by atoms with E-state index < -0.39 is 10.0 Å². The molecule has 10 heteroatoms. The van der Waals surface area contributed by atoms with Crippen molar-refractivity contribution in [3.8, 4) is 16.3 Å². The van der Waals surface area contributed by atoms with Crippen molar-refractivity contribution in [1.82, 2.24) is 10.3 Å². The number of aryl methyl sites for hydroxylation is 1. The quantitative estimate of drug-likeness (QED) is 0.553. The lowest BCUT2D eigenvalue weighted by Crippen LogP contribution is -2.54. The third kappa shape index (κ3) is 4.87. The van der Waals surface area contributed by atoms with Crippen molar-refractivity contribution in [3.05, 3.63) is 40.7 Å². The third-order valence-corrected chi connectivity index (χ3v) is 8.81. The van der Waals surface area contributed by atoms with Gasteiger partial charge in [-0.2, -0.15) is 0 Å². The van der Waals surface area contributed by atoms with E-state index in [4.69, 9.17) is 4.74 Å². The number of aromatic nitrogens is 1. The van der Waals surface area contributed by atoms with Gasteiger partial charge in [-0.05, 0) is 51.1 Å². The molecule has 4 rings (SSSR count). The average Bonchev–Trinajstić information content (AvgIpc) is 3.36. The van der Waals surface area contributed by atoms with Crippen LogP contribution in [-0.2, 0) is 10.0 Å². The van der Waals surface area contributed by atoms with Gasteiger partial charge in [-0.15, -0.1) is 22.7 Å². The molecule has 0 aliphatic carbocycles. The molecule has 31 heavy (non-hydrogen) atoms. The summed E-state index contributed by atoms with van der Waals surface area (Å²) in [4.78, 5) is 7.54. The molecule has 0 spiro atoms. The summed E-state index contributed by atoms with van der Waals surface area (Å²) in [6.07, 6.45) is 0. The summed E-state index contributed by atoms with van der Waals surface area (Å²) in [6, 6.07) is 9.74. The Morgan fingerprint density at radius 1 is 1.19 bits per heavy atom. The lowest BCUT2D eigenvalue weighted by molar-refractivity contribution is 0.406. The number of hydrogen-bond donors (Lipinski definition) is 2. The van der Waals surface area contributed by atoms with Crippen LogP contribution in [0, 0.1) is 6.92 Å². The number of benzene rings is 1. The Kier molecular flexibility index (Phi) is 6.25. The van der Waals surface area contributed by atoms with Crippen molar-refractivity contribution < 1.29 is 13.2 Å². The minimum atomic E-state index is -3.76. The van der Waals surface area contributed by atoms with Crippen LogP contribution in [0.2, 0.25) is 0 Å². The zero-order valence-corrected chi connectivity index (χ0v) is 20.3. The maximum absolute atomic E-state index is 13.1. The third-order valence-electron chi connectivity index (χ3n) is 5.07. The van der Waals surface area contributed by atoms with Crippen molar-refractivity contribution in [2.24, 2.45) is 0 Å². The second-order valence-corrected chi connectivity index (χ2v) is 11.8. The summed E-state index contributed by atoms with van der Waals surface area (Å²) in [7, 11) is -2.22. The molecule has 1 fully saturated rings. The van der Waals surface area contributed by atoms with Gasteiger partial charge in [-0.25, -0.2) is 13.4 Å². The van der Waals surface area contributed by atoms with Crippen molar-refractivity contribution in [2.75, 3.05) is 29.8 Å². The van der Waals surface area contributed by atoms with Gasteiger partial charge in [0.05, 0.1) is 28.4 Å². The first-order chi connectivity index (χ1) is 14.7. The van der Waals surface area contributed by atoms with E-state index >= 15 is 0 Å². The first kappa shape index (κ1) is 22.1. The molecule has 1 aromatic carbocycles. The van der Waals surface area contributed by atoms with Crippen LogP contribution >= 0.6 is 22.7 Å². The fourth-order valence-electron chi connectivity index (χ4n) is 3.78. The van der Waals surface area contributed by atoms with Crippen molar-refractivity contribution in [1.29, 1.82) is 0 Å². The van der Waals surface area contributed by atoms with E-state index in [1.54, 1.807) is 23.5 Å². The Morgan fingerprint density at radius 3 is 2.58 bits per heavy atom. The molecule has 0 radical (unpaired) electrons. The van der Waals surface area contributed by atoms with Gasteiger partial charge < -0.3 is 15.0 Å². The van der Waals surface area contributed by atoms with E-state index in [-0.39, 0.29) is 4.21 Å². The number of ether oxygens (including phenoxy) is 1. The number of methoxy groups -OCH3 is 1. The first-order valence-electron chi connectivity index (χ1n) is 9.99. The number of nitrogens with one attached hydrogen (secondary N) is 2. The zero-order valence-electron chi connectivity index (χ0n) is 17.9. The van der Waals surface area contributed by atoms with Crippen LogP contribution in [0.3, 0.4) is 0 Å². The highest BCUT2D eigenvalue weighted by Crippen LogP contribution is 2.35. The molecule has 1 saturated heterocycles. The standard InChI is InChI=1S/C21H26N4O3S3/c1-13-10-25(11-14(2)22-13)16-5-6-19(28-4)17(9-16)24-31(26,27)21-8-7-20(30-21)18-12-29-15(3)23-18/h5-9,12-14,22,24H,10-11H2,1-4H3/t13-,14+. The summed E-state index contributed by atoms with van der Waals surface area (Å²) in [6.45, 7) is 7.93. The predicted molar refractivity (Wildman–Crippen MR) is 128 cm³/mol. The molecule has 0 unspecified atom stereocenters. The number of sulfonamides is 1. The Labute approximate surface area is 191 Å². The van der Waals surface area contributed by atoms with Gasteiger partial charge in [0, 0.05) is 36.2 Å². The number of anilines is 2. The minimum Gasteiger partial charge on any atom is -0.495 e. The fraction of sp³-hybridized carbons (Fsp3) is 0.381. The molecule has 0 bridgehead atoms. The number of hydrogen-bond acceptors (Lipinski definition) is 8. The lowest BCUT2D eigenvalue weighted by Gasteiger charge is -2.38. The van der Waals surface area contributed by atoms with Gasteiger partial charge in [-0.3, -0.25) is 4.72 Å². The van der Waals surface area contributed by atoms with Gasteiger partial charge in [0.25, 0.3) is 10.0 Å². The zero-order chi connectivity index (χ0) is 22.2. The predicted octanol–water partition coefficient (Wildman–Crippen LogP) is 4.18. The Bertz CT molecular complexity index is 1160. The van der Waals surface area contributed by atoms with Crippen molar-refractivity contribution >= 4 is 44.1 Å². The average molecular weight is 479 g/mol. The summed E-state index contributed by atoms with van der Waals surface area (Å²) < 4.78 is 34.6. The lowest BCUT2D eigenvalue weighted by atomic mass is 10.1. The molecule has 1 aliphatic rings. The highest BCUT2D eigenvalue weighted by atomic mass is 32.2. The van der Waals surface area contributed by atoms with Crippen LogP contribution < -0.4 is 19.7 Å². The van der Waals surface area contributed by atoms with Crippen molar-refractivity contribution in [2.45, 2.75) is 37.1 Å². The van der Waals surface area contributed by atoms with E-state index in [0.717, 1.165) is 34.4 Å². The molecule has 2 atom stereocenters. The smallest absolute Gasteiger partial charge is 0.271 e. The molecule has 1 aliphatic heterocycles. The molecule has 0 amide bonds. The maximum Gasteiger partial charge on any atom is 0.271 e. The molecular formula is C21H26N4O3S3. The Balaban J connectivity index is 1.61. The number of nitrogens with zero attached hydrogens (tertiary/aromatic N) is 2. The minimum absolute atomic E-state index is 0.241. The van der Waals surface area contributed by atoms with Crippen LogP contribution in [0.15, 0.2) is 39.9 Å². The summed E-state index contributed by atoms with van der Waals surface area (Å²) in [5, 5.41) is 6.40. The van der Waals surface area contributed by atoms with E-state index in [1.165, 1.54) is 18.4 Å². The fourth-order valence-corrected chi connectivity index (χ4v) is 6.80. The van der Waals surface area contributed by atoms with Gasteiger partial charge in [0.2, 0.25) is 0 Å². The monoisotopic (exact) mass is 478 g/mol. The van der Waals surface area contributed by atoms with E-state index in [0.29, 0.717) is 23.5 Å². The van der Waals surface area contributed by atoms with Crippen LogP contribution in [0.5, 0.6) is 5.75 Å². The molecule has 7 nitrogen and oxygen atoms in total. The Morgan fingerprint density at radius 2 is 1.94 bits per heavy atom. The summed E-state index contributed by atoms with van der Waals surface area (Å²) in [5.74, 6) is 0.482. The molecule has 3 aromatic rings.